The first-order valence-corrected chi connectivity index (χ1v) is 6.34. The average Bonchev–Trinajstić information content (AvgIpc) is 2.38. The molecule has 0 unspecified atom stereocenters. The number of hydrogen-bond acceptors (Lipinski definition) is 3. The Balaban J connectivity index is 2.12. The zero-order valence-corrected chi connectivity index (χ0v) is 11.1. The fourth-order valence-corrected chi connectivity index (χ4v) is 2.51. The number of aryl methyl sites for hydroxylation is 1. The predicted molar refractivity (Wildman–Crippen MR) is 74.4 cm³/mol. The molecular formula is C14H21N3O. The molecule has 0 atom stereocenters. The van der Waals surface area contributed by atoms with Crippen LogP contribution in [0.15, 0.2) is 18.2 Å². The molecule has 1 fully saturated rings. The van der Waals surface area contributed by atoms with Crippen molar-refractivity contribution in [1.29, 1.82) is 5.41 Å². The first-order valence-electron chi connectivity index (χ1n) is 6.34. The van der Waals surface area contributed by atoms with E-state index >= 15 is 0 Å². The van der Waals surface area contributed by atoms with Crippen LogP contribution in [0.1, 0.15) is 24.0 Å². The lowest BCUT2D eigenvalue weighted by Crippen LogP contribution is -2.37. The molecule has 3 N–H and O–H groups in total. The monoisotopic (exact) mass is 247 g/mol. The standard InChI is InChI=1S/C14H21N3O/c1-10-9-11(14(15)16)3-4-13(10)17-7-5-12(18-2)6-8-17/h3-4,9,12H,5-8H2,1-2H3,(H3,15,16). The Labute approximate surface area is 108 Å². The summed E-state index contributed by atoms with van der Waals surface area (Å²) in [6.45, 7) is 4.13. The van der Waals surface area contributed by atoms with Crippen LogP contribution in [0, 0.1) is 12.3 Å². The third kappa shape index (κ3) is 2.64. The van der Waals surface area contributed by atoms with Gasteiger partial charge in [-0.25, -0.2) is 0 Å². The SMILES string of the molecule is COC1CCN(c2ccc(C(=N)N)cc2C)CC1. The fourth-order valence-electron chi connectivity index (χ4n) is 2.51. The number of ether oxygens (including phenoxy) is 1. The van der Waals surface area contributed by atoms with Crippen LogP contribution in [0.2, 0.25) is 0 Å². The molecule has 0 aliphatic carbocycles. The van der Waals surface area contributed by atoms with Crippen LogP contribution in [0.3, 0.4) is 0 Å². The van der Waals surface area contributed by atoms with E-state index in [1.54, 1.807) is 7.11 Å². The number of rotatable bonds is 3. The molecular weight excluding hydrogens is 226 g/mol. The van der Waals surface area contributed by atoms with E-state index in [2.05, 4.69) is 17.9 Å². The molecule has 1 heterocycles. The highest BCUT2D eigenvalue weighted by Crippen LogP contribution is 2.25. The second kappa shape index (κ2) is 5.40. The second-order valence-corrected chi connectivity index (χ2v) is 4.84. The molecule has 1 aromatic carbocycles. The Hall–Kier alpha value is -1.55. The van der Waals surface area contributed by atoms with Crippen molar-refractivity contribution >= 4 is 11.5 Å². The molecule has 2 rings (SSSR count). The molecule has 1 saturated heterocycles. The van der Waals surface area contributed by atoms with Crippen molar-refractivity contribution in [3.8, 4) is 0 Å². The van der Waals surface area contributed by atoms with Crippen LogP contribution in [0.4, 0.5) is 5.69 Å². The first kappa shape index (κ1) is 12.9. The Morgan fingerprint density at radius 1 is 1.39 bits per heavy atom. The highest BCUT2D eigenvalue weighted by atomic mass is 16.5. The summed E-state index contributed by atoms with van der Waals surface area (Å²) in [6.07, 6.45) is 2.55. The number of methoxy groups -OCH3 is 1. The Kier molecular flexibility index (Phi) is 3.87. The summed E-state index contributed by atoms with van der Waals surface area (Å²) in [5.74, 6) is 0.128. The Morgan fingerprint density at radius 2 is 2.06 bits per heavy atom. The van der Waals surface area contributed by atoms with Crippen LogP contribution in [0.5, 0.6) is 0 Å². The van der Waals surface area contributed by atoms with Gasteiger partial charge in [-0.1, -0.05) is 0 Å². The van der Waals surface area contributed by atoms with E-state index in [0.717, 1.165) is 31.5 Å². The maximum absolute atomic E-state index is 7.45. The molecule has 0 spiro atoms. The molecule has 0 saturated carbocycles. The van der Waals surface area contributed by atoms with Crippen molar-refractivity contribution in [3.63, 3.8) is 0 Å². The topological polar surface area (TPSA) is 62.3 Å². The molecule has 4 nitrogen and oxygen atoms in total. The summed E-state index contributed by atoms with van der Waals surface area (Å²) in [5.41, 5.74) is 8.72. The first-order chi connectivity index (χ1) is 8.61. The number of amidine groups is 1. The lowest BCUT2D eigenvalue weighted by molar-refractivity contribution is 0.0819. The van der Waals surface area contributed by atoms with Crippen LogP contribution >= 0.6 is 0 Å². The highest BCUT2D eigenvalue weighted by molar-refractivity contribution is 5.95. The second-order valence-electron chi connectivity index (χ2n) is 4.84. The zero-order chi connectivity index (χ0) is 13.1. The summed E-state index contributed by atoms with van der Waals surface area (Å²) >= 11 is 0. The van der Waals surface area contributed by atoms with Gasteiger partial charge >= 0.3 is 0 Å². The maximum atomic E-state index is 7.45. The van der Waals surface area contributed by atoms with Gasteiger partial charge in [0.25, 0.3) is 0 Å². The van der Waals surface area contributed by atoms with Gasteiger partial charge in [-0.3, -0.25) is 5.41 Å². The molecule has 18 heavy (non-hydrogen) atoms. The van der Waals surface area contributed by atoms with Gasteiger partial charge in [-0.2, -0.15) is 0 Å². The lowest BCUT2D eigenvalue weighted by Gasteiger charge is -2.34. The average molecular weight is 247 g/mol. The van der Waals surface area contributed by atoms with Gasteiger partial charge in [-0.05, 0) is 43.5 Å². The molecule has 0 aromatic heterocycles. The minimum Gasteiger partial charge on any atom is -0.384 e. The van der Waals surface area contributed by atoms with Gasteiger partial charge in [0, 0.05) is 31.5 Å². The number of anilines is 1. The van der Waals surface area contributed by atoms with Gasteiger partial charge in [-0.15, -0.1) is 0 Å². The van der Waals surface area contributed by atoms with E-state index in [0.29, 0.717) is 6.10 Å². The van der Waals surface area contributed by atoms with Crippen LogP contribution in [0.25, 0.3) is 0 Å². The predicted octanol–water partition coefficient (Wildman–Crippen LogP) is 1.89. The molecule has 0 radical (unpaired) electrons. The van der Waals surface area contributed by atoms with E-state index in [1.165, 1.54) is 11.3 Å². The molecule has 98 valence electrons. The van der Waals surface area contributed by atoms with Crippen LogP contribution < -0.4 is 10.6 Å². The zero-order valence-electron chi connectivity index (χ0n) is 11.1. The highest BCUT2D eigenvalue weighted by Gasteiger charge is 2.19. The maximum Gasteiger partial charge on any atom is 0.122 e. The van der Waals surface area contributed by atoms with Gasteiger partial charge in [0.15, 0.2) is 0 Å². The summed E-state index contributed by atoms with van der Waals surface area (Å²) in [7, 11) is 1.78. The number of nitrogens with one attached hydrogen (secondary N) is 1. The number of nitrogen functional groups attached to an aromatic ring is 1. The van der Waals surface area contributed by atoms with Crippen molar-refractivity contribution < 1.29 is 4.74 Å². The number of benzene rings is 1. The van der Waals surface area contributed by atoms with E-state index in [9.17, 15) is 0 Å². The number of hydrogen-bond donors (Lipinski definition) is 2. The third-order valence-corrected chi connectivity index (χ3v) is 3.62. The normalized spacial score (nSPS) is 16.9. The molecule has 0 bridgehead atoms. The third-order valence-electron chi connectivity index (χ3n) is 3.62. The summed E-state index contributed by atoms with van der Waals surface area (Å²) in [5, 5.41) is 7.45. The van der Waals surface area contributed by atoms with E-state index in [4.69, 9.17) is 15.9 Å². The largest absolute Gasteiger partial charge is 0.384 e. The van der Waals surface area contributed by atoms with Gasteiger partial charge < -0.3 is 15.4 Å². The van der Waals surface area contributed by atoms with Crippen LogP contribution in [-0.4, -0.2) is 32.1 Å². The Morgan fingerprint density at radius 3 is 2.56 bits per heavy atom. The van der Waals surface area contributed by atoms with E-state index in [-0.39, 0.29) is 5.84 Å². The van der Waals surface area contributed by atoms with Crippen molar-refractivity contribution in [2.24, 2.45) is 5.73 Å². The molecule has 1 aliphatic rings. The molecule has 0 amide bonds. The minimum absolute atomic E-state index is 0.128. The fraction of sp³-hybridized carbons (Fsp3) is 0.500. The minimum atomic E-state index is 0.128. The van der Waals surface area contributed by atoms with Gasteiger partial charge in [0.1, 0.15) is 5.84 Å². The van der Waals surface area contributed by atoms with Crippen molar-refractivity contribution in [3.05, 3.63) is 29.3 Å². The van der Waals surface area contributed by atoms with E-state index in [1.807, 2.05) is 12.1 Å². The van der Waals surface area contributed by atoms with Crippen LogP contribution in [-0.2, 0) is 4.74 Å². The summed E-state index contributed by atoms with van der Waals surface area (Å²) in [4.78, 5) is 2.38. The molecule has 1 aromatic rings. The smallest absolute Gasteiger partial charge is 0.122 e. The van der Waals surface area contributed by atoms with E-state index < -0.39 is 0 Å². The summed E-state index contributed by atoms with van der Waals surface area (Å²) in [6, 6.07) is 5.98. The summed E-state index contributed by atoms with van der Waals surface area (Å²) < 4.78 is 5.38. The number of nitrogens with two attached hydrogens (primary N) is 1. The number of nitrogens with zero attached hydrogens (tertiary/aromatic N) is 1. The van der Waals surface area contributed by atoms with Gasteiger partial charge in [0.05, 0.1) is 6.10 Å². The van der Waals surface area contributed by atoms with Crippen molar-refractivity contribution in [2.45, 2.75) is 25.9 Å². The quantitative estimate of drug-likeness (QED) is 0.633. The number of piperidine rings is 1. The Bertz CT molecular complexity index is 437. The lowest BCUT2D eigenvalue weighted by atomic mass is 10.0. The molecule has 1 aliphatic heterocycles. The van der Waals surface area contributed by atoms with Crippen molar-refractivity contribution in [2.75, 3.05) is 25.1 Å². The van der Waals surface area contributed by atoms with Crippen molar-refractivity contribution in [1.82, 2.24) is 0 Å². The molecule has 4 heteroatoms. The van der Waals surface area contributed by atoms with Gasteiger partial charge in [0.2, 0.25) is 0 Å².